The first kappa shape index (κ1) is 29.3. The number of nitrogens with zero attached hydrogens (tertiary/aromatic N) is 4. The molecule has 7 nitrogen and oxygen atoms in total. The first-order chi connectivity index (χ1) is 16.0. The number of hydrogen-bond donors (Lipinski definition) is 3. The van der Waals surface area contributed by atoms with Gasteiger partial charge in [0, 0.05) is 22.9 Å². The van der Waals surface area contributed by atoms with Crippen LogP contribution in [-0.2, 0) is 12.7 Å². The summed E-state index contributed by atoms with van der Waals surface area (Å²) in [6.07, 6.45) is -1.54. The van der Waals surface area contributed by atoms with Gasteiger partial charge >= 0.3 is 6.18 Å². The van der Waals surface area contributed by atoms with E-state index in [0.717, 1.165) is 11.9 Å². The third-order valence-electron chi connectivity index (χ3n) is 3.87. The zero-order chi connectivity index (χ0) is 26.1. The fourth-order valence-corrected chi connectivity index (χ4v) is 2.95. The summed E-state index contributed by atoms with van der Waals surface area (Å²) >= 11 is 0.857. The highest BCUT2D eigenvalue weighted by atomic mass is 32.2. The van der Waals surface area contributed by atoms with Crippen LogP contribution in [0, 0.1) is 5.82 Å². The molecule has 34 heavy (non-hydrogen) atoms. The smallest absolute Gasteiger partial charge is 0.389 e. The quantitative estimate of drug-likeness (QED) is 0.279. The number of nitrogens with two attached hydrogens (primary N) is 1. The van der Waals surface area contributed by atoms with Crippen molar-refractivity contribution < 1.29 is 22.7 Å². The average Bonchev–Trinajstić information content (AvgIpc) is 3.24. The molecular weight excluding hydrogens is 472 g/mol. The lowest BCUT2D eigenvalue weighted by molar-refractivity contribution is -0.137. The third-order valence-corrected chi connectivity index (χ3v) is 4.40. The fourth-order valence-electron chi connectivity index (χ4n) is 2.63. The van der Waals surface area contributed by atoms with Gasteiger partial charge in [-0.15, -0.1) is 0 Å². The van der Waals surface area contributed by atoms with Crippen LogP contribution in [0.3, 0.4) is 0 Å². The summed E-state index contributed by atoms with van der Waals surface area (Å²) in [5.41, 5.74) is -2.54. The number of nitrogens with one attached hydrogen (secondary N) is 1. The Balaban J connectivity index is 0.00000137. The van der Waals surface area contributed by atoms with Gasteiger partial charge in [-0.05, 0) is 44.0 Å². The van der Waals surface area contributed by atoms with Crippen molar-refractivity contribution in [3.8, 4) is 11.3 Å². The molecule has 1 aromatic carbocycles. The van der Waals surface area contributed by atoms with E-state index in [1.807, 2.05) is 27.7 Å². The van der Waals surface area contributed by atoms with E-state index in [2.05, 4.69) is 20.4 Å². The Hall–Kier alpha value is -2.70. The van der Waals surface area contributed by atoms with Crippen LogP contribution in [0.25, 0.3) is 11.3 Å². The lowest BCUT2D eigenvalue weighted by Gasteiger charge is -2.16. The molecule has 0 aliphatic rings. The number of halogens is 4. The molecule has 0 amide bonds. The molecule has 0 unspecified atom stereocenters. The molecule has 3 rings (SSSR count). The number of aromatic nitrogens is 4. The van der Waals surface area contributed by atoms with Crippen molar-refractivity contribution in [1.82, 2.24) is 19.7 Å². The zero-order valence-corrected chi connectivity index (χ0v) is 20.7. The Bertz CT molecular complexity index is 1050. The van der Waals surface area contributed by atoms with Gasteiger partial charge in [0.05, 0.1) is 29.7 Å². The molecule has 188 valence electrons. The third kappa shape index (κ3) is 8.26. The molecule has 0 saturated carbocycles. The summed E-state index contributed by atoms with van der Waals surface area (Å²) in [4.78, 5) is 8.09. The highest BCUT2D eigenvalue weighted by molar-refractivity contribution is 7.97. The second-order valence-corrected chi connectivity index (χ2v) is 7.78. The predicted molar refractivity (Wildman–Crippen MR) is 127 cm³/mol. The summed E-state index contributed by atoms with van der Waals surface area (Å²) in [6.45, 7) is 11.2. The van der Waals surface area contributed by atoms with Gasteiger partial charge in [0.15, 0.2) is 0 Å². The molecule has 4 N–H and O–H groups in total. The molecule has 0 radical (unpaired) electrons. The number of anilines is 2. The van der Waals surface area contributed by atoms with E-state index in [0.29, 0.717) is 11.1 Å². The van der Waals surface area contributed by atoms with E-state index in [-0.39, 0.29) is 23.7 Å². The first-order valence-corrected chi connectivity index (χ1v) is 11.5. The monoisotopic (exact) mass is 502 g/mol. The Labute approximate surface area is 200 Å². The Morgan fingerprint density at radius 1 is 1.12 bits per heavy atom. The van der Waals surface area contributed by atoms with Crippen LogP contribution in [0.1, 0.15) is 47.1 Å². The minimum absolute atomic E-state index is 0.0174. The molecular formula is C22H30F4N6OS. The normalized spacial score (nSPS) is 11.2. The molecule has 2 heterocycles. The molecule has 0 aliphatic heterocycles. The highest BCUT2D eigenvalue weighted by Crippen LogP contribution is 2.36. The summed E-state index contributed by atoms with van der Waals surface area (Å²) in [5, 5.41) is 21.8. The average molecular weight is 503 g/mol. The van der Waals surface area contributed by atoms with Gasteiger partial charge in [-0.25, -0.2) is 14.4 Å². The van der Waals surface area contributed by atoms with Crippen LogP contribution in [0.2, 0.25) is 0 Å². The van der Waals surface area contributed by atoms with E-state index < -0.39 is 28.9 Å². The van der Waals surface area contributed by atoms with Crippen molar-refractivity contribution in [2.75, 3.05) is 5.32 Å². The number of benzene rings is 1. The minimum Gasteiger partial charge on any atom is -0.389 e. The van der Waals surface area contributed by atoms with Crippen LogP contribution in [0.15, 0.2) is 41.7 Å². The fraction of sp³-hybridized carbons (Fsp3) is 0.409. The maximum atomic E-state index is 14.2. The molecule has 0 fully saturated rings. The second-order valence-electron chi connectivity index (χ2n) is 7.08. The number of alkyl halides is 3. The van der Waals surface area contributed by atoms with Crippen molar-refractivity contribution in [3.63, 3.8) is 0 Å². The van der Waals surface area contributed by atoms with Crippen molar-refractivity contribution in [2.45, 2.75) is 64.8 Å². The van der Waals surface area contributed by atoms with E-state index in [4.69, 9.17) is 5.14 Å². The summed E-state index contributed by atoms with van der Waals surface area (Å²) in [6, 6.07) is 4.10. The van der Waals surface area contributed by atoms with Gasteiger partial charge in [-0.2, -0.15) is 18.3 Å². The topological polar surface area (TPSA) is 102 Å². The maximum absolute atomic E-state index is 14.2. The lowest BCUT2D eigenvalue weighted by Crippen LogP contribution is -2.26. The first-order valence-electron chi connectivity index (χ1n) is 10.6. The van der Waals surface area contributed by atoms with Crippen LogP contribution < -0.4 is 10.5 Å². The van der Waals surface area contributed by atoms with Crippen molar-refractivity contribution in [1.29, 1.82) is 0 Å². The minimum atomic E-state index is -4.71. The van der Waals surface area contributed by atoms with Gasteiger partial charge in [-0.1, -0.05) is 27.7 Å². The molecule has 2 aromatic heterocycles. The summed E-state index contributed by atoms with van der Waals surface area (Å²) < 4.78 is 55.9. The van der Waals surface area contributed by atoms with Gasteiger partial charge in [0.25, 0.3) is 0 Å². The van der Waals surface area contributed by atoms with E-state index in [1.165, 1.54) is 29.2 Å². The number of hydrogen-bond acceptors (Lipinski definition) is 7. The van der Waals surface area contributed by atoms with Gasteiger partial charge in [0.1, 0.15) is 11.4 Å². The number of aliphatic hydroxyl groups is 1. The maximum Gasteiger partial charge on any atom is 0.419 e. The second kappa shape index (κ2) is 12.7. The Kier molecular flexibility index (Phi) is 10.9. The largest absolute Gasteiger partial charge is 0.419 e. The summed E-state index contributed by atoms with van der Waals surface area (Å²) in [5.74, 6) is -0.881. The van der Waals surface area contributed by atoms with Crippen LogP contribution in [0.5, 0.6) is 0 Å². The van der Waals surface area contributed by atoms with Crippen LogP contribution in [-0.4, -0.2) is 30.5 Å². The zero-order valence-electron chi connectivity index (χ0n) is 19.9. The molecule has 0 saturated heterocycles. The molecule has 3 aromatic rings. The molecule has 0 spiro atoms. The van der Waals surface area contributed by atoms with E-state index in [1.54, 1.807) is 19.9 Å². The van der Waals surface area contributed by atoms with Gasteiger partial charge in [-0.3, -0.25) is 9.82 Å². The van der Waals surface area contributed by atoms with Gasteiger partial charge < -0.3 is 10.4 Å². The van der Waals surface area contributed by atoms with Crippen molar-refractivity contribution >= 4 is 23.6 Å². The summed E-state index contributed by atoms with van der Waals surface area (Å²) in [7, 11) is 0. The molecule has 12 heteroatoms. The lowest BCUT2D eigenvalue weighted by atomic mass is 10.1. The predicted octanol–water partition coefficient (Wildman–Crippen LogP) is 6.03. The van der Waals surface area contributed by atoms with Crippen LogP contribution >= 0.6 is 11.9 Å². The Morgan fingerprint density at radius 3 is 2.29 bits per heavy atom. The highest BCUT2D eigenvalue weighted by Gasteiger charge is 2.36. The van der Waals surface area contributed by atoms with E-state index >= 15 is 0 Å². The standard InChI is InChI=1S/C18H18F4N6OS.2C2H6/c1-17(2,29)9-28-8-10(6-25-28)15-12(18(20,21)22)7-24-16(27-15)26-14-4-3-11(30-23)5-13(14)19;2*1-2/h3-8,29H,9,23H2,1-2H3,(H,24,26,27);2*1-2H3. The van der Waals surface area contributed by atoms with Crippen molar-refractivity contribution in [2.24, 2.45) is 5.14 Å². The number of rotatable bonds is 6. The van der Waals surface area contributed by atoms with E-state index in [9.17, 15) is 22.7 Å². The SMILES string of the molecule is CC.CC.CC(C)(O)Cn1cc(-c2nc(Nc3ccc(SN)cc3F)ncc2C(F)(F)F)cn1. The Morgan fingerprint density at radius 2 is 1.76 bits per heavy atom. The van der Waals surface area contributed by atoms with Crippen molar-refractivity contribution in [3.05, 3.63) is 48.2 Å². The molecule has 0 aliphatic carbocycles. The molecule has 0 atom stereocenters. The van der Waals surface area contributed by atoms with Gasteiger partial charge in [0.2, 0.25) is 5.95 Å². The molecule has 0 bridgehead atoms. The van der Waals surface area contributed by atoms with Crippen LogP contribution in [0.4, 0.5) is 29.2 Å².